The van der Waals surface area contributed by atoms with Crippen molar-refractivity contribution in [3.63, 3.8) is 0 Å². The lowest BCUT2D eigenvalue weighted by molar-refractivity contribution is 0.0697. The van der Waals surface area contributed by atoms with Crippen LogP contribution in [0.25, 0.3) is 11.0 Å². The fourth-order valence-electron chi connectivity index (χ4n) is 5.64. The number of hydrogen-bond donors (Lipinski definition) is 1. The Bertz CT molecular complexity index is 1580. The molecule has 0 radical (unpaired) electrons. The minimum absolute atomic E-state index is 0.186. The number of halogens is 1. The normalized spacial score (nSPS) is 15.7. The van der Waals surface area contributed by atoms with Crippen LogP contribution in [0.3, 0.4) is 0 Å². The molecule has 220 valence electrons. The van der Waals surface area contributed by atoms with E-state index in [9.17, 15) is 9.90 Å². The Morgan fingerprint density at radius 1 is 1.17 bits per heavy atom. The smallest absolute Gasteiger partial charge is 0.335 e. The van der Waals surface area contributed by atoms with E-state index in [-0.39, 0.29) is 11.0 Å². The van der Waals surface area contributed by atoms with Crippen LogP contribution >= 0.6 is 11.6 Å². The highest BCUT2D eigenvalue weighted by Crippen LogP contribution is 2.35. The first-order valence-electron chi connectivity index (χ1n) is 14.3. The maximum absolute atomic E-state index is 11.7. The molecule has 10 heteroatoms. The van der Waals surface area contributed by atoms with Gasteiger partial charge in [0.1, 0.15) is 12.4 Å². The lowest BCUT2D eigenvalue weighted by atomic mass is 9.75. The summed E-state index contributed by atoms with van der Waals surface area (Å²) in [5.74, 6) is -0.000144. The van der Waals surface area contributed by atoms with Gasteiger partial charge in [-0.3, -0.25) is 9.88 Å². The van der Waals surface area contributed by atoms with Crippen molar-refractivity contribution < 1.29 is 14.6 Å². The second-order valence-electron chi connectivity index (χ2n) is 11.2. The van der Waals surface area contributed by atoms with Crippen molar-refractivity contribution in [3.8, 4) is 0 Å². The van der Waals surface area contributed by atoms with Gasteiger partial charge in [0.2, 0.25) is 0 Å². The van der Waals surface area contributed by atoms with Crippen molar-refractivity contribution in [1.82, 2.24) is 29.0 Å². The molecule has 1 aliphatic rings. The first-order chi connectivity index (χ1) is 20.4. The maximum atomic E-state index is 11.7. The lowest BCUT2D eigenvalue weighted by Crippen LogP contribution is -2.39. The molecule has 0 spiro atoms. The van der Waals surface area contributed by atoms with Crippen LogP contribution in [-0.2, 0) is 37.4 Å². The Balaban J connectivity index is 1.27. The molecule has 1 N–H and O–H groups in total. The Morgan fingerprint density at radius 3 is 2.76 bits per heavy atom. The van der Waals surface area contributed by atoms with Gasteiger partial charge in [0.25, 0.3) is 0 Å². The Morgan fingerprint density at radius 2 is 2.00 bits per heavy atom. The molecule has 0 aliphatic carbocycles. The quantitative estimate of drug-likeness (QED) is 0.160. The number of piperidine rings is 1. The number of pyridine rings is 1. The Labute approximate surface area is 251 Å². The number of nitrogens with zero attached hydrogens (tertiary/aromatic N) is 6. The van der Waals surface area contributed by atoms with Gasteiger partial charge < -0.3 is 19.0 Å². The second kappa shape index (κ2) is 13.4. The maximum Gasteiger partial charge on any atom is 0.335 e. The van der Waals surface area contributed by atoms with Gasteiger partial charge in [-0.2, -0.15) is 0 Å². The Hall–Kier alpha value is -3.95. The Kier molecular flexibility index (Phi) is 9.39. The first kappa shape index (κ1) is 29.5. The number of hydrogen-bond acceptors (Lipinski definition) is 6. The van der Waals surface area contributed by atoms with E-state index >= 15 is 0 Å². The van der Waals surface area contributed by atoms with Crippen LogP contribution in [0.1, 0.15) is 59.8 Å². The summed E-state index contributed by atoms with van der Waals surface area (Å²) in [7, 11) is 0. The summed E-state index contributed by atoms with van der Waals surface area (Å²) in [5.41, 5.74) is 6.76. The molecule has 1 aliphatic heterocycles. The topological polar surface area (TPSA) is 98.3 Å². The number of allylic oxidation sites excluding steroid dienone is 2. The molecule has 5 rings (SSSR count). The number of aromatic nitrogens is 5. The third-order valence-corrected chi connectivity index (χ3v) is 8.21. The average Bonchev–Trinajstić information content (AvgIpc) is 3.58. The van der Waals surface area contributed by atoms with Crippen LogP contribution < -0.4 is 0 Å². The predicted molar refractivity (Wildman–Crippen MR) is 163 cm³/mol. The first-order valence-corrected chi connectivity index (χ1v) is 14.7. The zero-order chi connectivity index (χ0) is 29.5. The second-order valence-corrected chi connectivity index (χ2v) is 11.4. The molecular formula is C32H37ClN6O3. The molecule has 9 nitrogen and oxygen atoms in total. The highest BCUT2D eigenvalue weighted by atomic mass is 35.5. The summed E-state index contributed by atoms with van der Waals surface area (Å²) in [6, 6.07) is 9.40. The van der Waals surface area contributed by atoms with E-state index in [2.05, 4.69) is 50.0 Å². The number of imidazole rings is 2. The van der Waals surface area contributed by atoms with Gasteiger partial charge in [-0.1, -0.05) is 18.5 Å². The SMILES string of the molecule is CCn1cncc1Cn1c(CN2CCC(C)(Cc3ccnc(CO/C=C/C=C/Cl)c3)CC2)nc2ccc(C(=O)O)cc21. The van der Waals surface area contributed by atoms with Gasteiger partial charge >= 0.3 is 5.97 Å². The van der Waals surface area contributed by atoms with Crippen molar-refractivity contribution in [2.24, 2.45) is 5.41 Å². The van der Waals surface area contributed by atoms with Crippen molar-refractivity contribution in [2.45, 2.75) is 59.4 Å². The van der Waals surface area contributed by atoms with Gasteiger partial charge in [-0.25, -0.2) is 14.8 Å². The van der Waals surface area contributed by atoms with Crippen LogP contribution in [0.4, 0.5) is 0 Å². The summed E-state index contributed by atoms with van der Waals surface area (Å²) in [6.45, 7) is 8.91. The number of aryl methyl sites for hydroxylation is 1. The van der Waals surface area contributed by atoms with E-state index in [1.165, 1.54) is 11.1 Å². The average molecular weight is 589 g/mol. The number of carbonyl (C=O) groups is 1. The molecular weight excluding hydrogens is 552 g/mol. The number of benzene rings is 1. The van der Waals surface area contributed by atoms with Crippen molar-refractivity contribution in [2.75, 3.05) is 13.1 Å². The monoisotopic (exact) mass is 588 g/mol. The zero-order valence-corrected chi connectivity index (χ0v) is 24.9. The summed E-state index contributed by atoms with van der Waals surface area (Å²) >= 11 is 5.52. The lowest BCUT2D eigenvalue weighted by Gasteiger charge is -2.39. The zero-order valence-electron chi connectivity index (χ0n) is 24.1. The van der Waals surface area contributed by atoms with Gasteiger partial charge in [0, 0.05) is 24.5 Å². The van der Waals surface area contributed by atoms with Gasteiger partial charge in [-0.05, 0) is 92.7 Å². The van der Waals surface area contributed by atoms with E-state index in [0.29, 0.717) is 19.7 Å². The van der Waals surface area contributed by atoms with E-state index in [0.717, 1.165) is 67.1 Å². The number of likely N-dealkylation sites (tertiary alicyclic amines) is 1. The number of ether oxygens (including phenoxy) is 1. The van der Waals surface area contributed by atoms with Crippen molar-refractivity contribution in [3.05, 3.63) is 101 Å². The van der Waals surface area contributed by atoms with Crippen molar-refractivity contribution in [1.29, 1.82) is 0 Å². The fourth-order valence-corrected chi connectivity index (χ4v) is 5.73. The van der Waals surface area contributed by atoms with E-state index in [1.807, 2.05) is 24.8 Å². The van der Waals surface area contributed by atoms with Crippen LogP contribution in [0.15, 0.2) is 73.0 Å². The number of fused-ring (bicyclic) bond motifs is 1. The van der Waals surface area contributed by atoms with Crippen LogP contribution in [0.2, 0.25) is 0 Å². The van der Waals surface area contributed by atoms with E-state index in [1.54, 1.807) is 30.5 Å². The summed E-state index contributed by atoms with van der Waals surface area (Å²) in [5, 5.41) is 9.61. The molecule has 0 saturated carbocycles. The third-order valence-electron chi connectivity index (χ3n) is 8.06. The third kappa shape index (κ3) is 7.09. The largest absolute Gasteiger partial charge is 0.495 e. The molecule has 1 aromatic carbocycles. The summed E-state index contributed by atoms with van der Waals surface area (Å²) in [4.78, 5) is 27.9. The number of carboxylic acids is 1. The van der Waals surface area contributed by atoms with E-state index < -0.39 is 5.97 Å². The van der Waals surface area contributed by atoms with Gasteiger partial charge in [-0.15, -0.1) is 0 Å². The van der Waals surface area contributed by atoms with Crippen LogP contribution in [-0.4, -0.2) is 53.2 Å². The molecule has 3 aromatic heterocycles. The van der Waals surface area contributed by atoms with Gasteiger partial charge in [0.15, 0.2) is 0 Å². The number of carboxylic acid groups (broad SMARTS) is 1. The molecule has 0 bridgehead atoms. The number of rotatable bonds is 12. The fraction of sp³-hybridized carbons (Fsp3) is 0.375. The van der Waals surface area contributed by atoms with Crippen LogP contribution in [0.5, 0.6) is 0 Å². The molecule has 0 unspecified atom stereocenters. The highest BCUT2D eigenvalue weighted by molar-refractivity contribution is 6.25. The number of aromatic carboxylic acids is 1. The summed E-state index contributed by atoms with van der Waals surface area (Å²) < 4.78 is 9.82. The predicted octanol–water partition coefficient (Wildman–Crippen LogP) is 6.02. The summed E-state index contributed by atoms with van der Waals surface area (Å²) in [6.07, 6.45) is 13.7. The minimum atomic E-state index is -0.939. The molecule has 42 heavy (non-hydrogen) atoms. The molecule has 0 amide bonds. The molecule has 1 saturated heterocycles. The molecule has 4 aromatic rings. The van der Waals surface area contributed by atoms with Gasteiger partial charge in [0.05, 0.1) is 53.7 Å². The van der Waals surface area contributed by atoms with Crippen molar-refractivity contribution >= 4 is 28.6 Å². The van der Waals surface area contributed by atoms with Crippen LogP contribution in [0, 0.1) is 5.41 Å². The molecule has 4 heterocycles. The molecule has 1 fully saturated rings. The minimum Gasteiger partial charge on any atom is -0.495 e. The van der Waals surface area contributed by atoms with E-state index in [4.69, 9.17) is 21.3 Å². The highest BCUT2D eigenvalue weighted by Gasteiger charge is 2.31. The standard InChI is InChI=1S/C32H37ClN6O3/c1-3-38-23-34-19-27(38)20-39-29-17-25(31(40)41)6-7-28(29)36-30(39)21-37-13-9-32(2,10-14-37)18-24-8-12-35-26(16-24)22-42-15-5-4-11-33/h4-8,11-12,15-17,19,23H,3,9-10,13-14,18,20-22H2,1-2H3,(H,40,41)/b11-4+,15-5+. The molecule has 0 atom stereocenters.